The Morgan fingerprint density at radius 1 is 1.14 bits per heavy atom. The molecule has 104 valence electrons. The number of hydrogen-bond donors (Lipinski definition) is 0. The lowest BCUT2D eigenvalue weighted by atomic mass is 10.0. The van der Waals surface area contributed by atoms with E-state index in [0.29, 0.717) is 0 Å². The van der Waals surface area contributed by atoms with Gasteiger partial charge in [-0.2, -0.15) is 5.10 Å². The number of aromatic nitrogens is 3. The van der Waals surface area contributed by atoms with Crippen LogP contribution in [0.1, 0.15) is 16.7 Å². The fraction of sp³-hybridized carbons (Fsp3) is 0.176. The van der Waals surface area contributed by atoms with E-state index in [1.165, 1.54) is 32.3 Å². The number of rotatable bonds is 2. The molecule has 0 aliphatic rings. The van der Waals surface area contributed by atoms with Gasteiger partial charge < -0.3 is 0 Å². The van der Waals surface area contributed by atoms with Gasteiger partial charge in [0.15, 0.2) is 0 Å². The van der Waals surface area contributed by atoms with E-state index in [9.17, 15) is 0 Å². The quantitative estimate of drug-likeness (QED) is 0.557. The second-order valence-corrected chi connectivity index (χ2v) is 6.22. The molecule has 0 saturated carbocycles. The summed E-state index contributed by atoms with van der Waals surface area (Å²) in [6.45, 7) is 2.12. The highest BCUT2D eigenvalue weighted by Gasteiger charge is 2.10. The zero-order chi connectivity index (χ0) is 14.4. The van der Waals surface area contributed by atoms with E-state index in [-0.39, 0.29) is 0 Å². The van der Waals surface area contributed by atoms with Crippen LogP contribution in [0.25, 0.3) is 21.1 Å². The molecule has 4 heteroatoms. The molecule has 0 unspecified atom stereocenters. The first-order valence-corrected chi connectivity index (χ1v) is 7.83. The molecule has 4 rings (SSSR count). The van der Waals surface area contributed by atoms with Gasteiger partial charge in [0, 0.05) is 12.4 Å². The van der Waals surface area contributed by atoms with E-state index < -0.39 is 0 Å². The molecule has 0 aliphatic carbocycles. The van der Waals surface area contributed by atoms with Gasteiger partial charge in [-0.25, -0.2) is 4.98 Å². The fourth-order valence-electron chi connectivity index (χ4n) is 2.87. The van der Waals surface area contributed by atoms with Crippen LogP contribution in [-0.2, 0) is 13.5 Å². The summed E-state index contributed by atoms with van der Waals surface area (Å²) in [6.07, 6.45) is 2.88. The van der Waals surface area contributed by atoms with E-state index in [1.807, 2.05) is 23.4 Å². The van der Waals surface area contributed by atoms with Crippen LogP contribution in [0, 0.1) is 6.92 Å². The predicted molar refractivity (Wildman–Crippen MR) is 87.9 cm³/mol. The van der Waals surface area contributed by atoms with Gasteiger partial charge in [-0.05, 0) is 36.1 Å². The molecular weight excluding hydrogens is 278 g/mol. The predicted octanol–water partition coefficient (Wildman–Crippen LogP) is 4.08. The van der Waals surface area contributed by atoms with Gasteiger partial charge in [-0.15, -0.1) is 11.3 Å². The second-order valence-electron chi connectivity index (χ2n) is 5.37. The lowest BCUT2D eigenvalue weighted by molar-refractivity contribution is 0.797. The average Bonchev–Trinajstić information content (AvgIpc) is 3.11. The average molecular weight is 293 g/mol. The number of benzene rings is 2. The maximum atomic E-state index is 4.49. The molecule has 0 radical (unpaired) electrons. The number of hydrogen-bond acceptors (Lipinski definition) is 3. The third kappa shape index (κ3) is 1.94. The van der Waals surface area contributed by atoms with Crippen LogP contribution in [0.2, 0.25) is 0 Å². The van der Waals surface area contributed by atoms with Crippen molar-refractivity contribution in [1.29, 1.82) is 0 Å². The van der Waals surface area contributed by atoms with E-state index >= 15 is 0 Å². The maximum Gasteiger partial charge on any atom is 0.0844 e. The number of aryl methyl sites for hydroxylation is 2. The number of thiazole rings is 1. The molecule has 2 heterocycles. The molecule has 0 aliphatic heterocycles. The van der Waals surface area contributed by atoms with Crippen LogP contribution in [0.5, 0.6) is 0 Å². The highest BCUT2D eigenvalue weighted by Crippen LogP contribution is 2.29. The third-order valence-electron chi connectivity index (χ3n) is 4.03. The Labute approximate surface area is 126 Å². The lowest BCUT2D eigenvalue weighted by Crippen LogP contribution is -1.92. The van der Waals surface area contributed by atoms with Crippen molar-refractivity contribution in [2.75, 3.05) is 0 Å². The number of fused-ring (bicyclic) bond motifs is 2. The number of nitrogens with zero attached hydrogens (tertiary/aromatic N) is 3. The third-order valence-corrected chi connectivity index (χ3v) is 4.93. The zero-order valence-electron chi connectivity index (χ0n) is 12.0. The van der Waals surface area contributed by atoms with Crippen molar-refractivity contribution in [2.45, 2.75) is 13.3 Å². The van der Waals surface area contributed by atoms with Crippen molar-refractivity contribution < 1.29 is 0 Å². The molecule has 0 saturated heterocycles. The summed E-state index contributed by atoms with van der Waals surface area (Å²) in [7, 11) is 1.99. The van der Waals surface area contributed by atoms with Crippen molar-refractivity contribution in [3.63, 3.8) is 0 Å². The molecule has 4 aromatic rings. The van der Waals surface area contributed by atoms with Crippen molar-refractivity contribution in [3.8, 4) is 0 Å². The standard InChI is InChI=1S/C17H15N3S/c1-11-6-7-13(17-16(11)18-10-21-17)8-12-4-3-5-15-14(12)9-19-20(15)2/h3-7,9-10H,8H2,1-2H3. The van der Waals surface area contributed by atoms with Crippen molar-refractivity contribution in [1.82, 2.24) is 14.8 Å². The maximum absolute atomic E-state index is 4.49. The van der Waals surface area contributed by atoms with Gasteiger partial charge in [0.25, 0.3) is 0 Å². The summed E-state index contributed by atoms with van der Waals surface area (Å²) in [5, 5.41) is 5.61. The van der Waals surface area contributed by atoms with Crippen molar-refractivity contribution in [2.24, 2.45) is 7.05 Å². The Morgan fingerprint density at radius 3 is 2.95 bits per heavy atom. The SMILES string of the molecule is Cc1ccc(Cc2cccc3c2cnn3C)c2scnc12. The van der Waals surface area contributed by atoms with Gasteiger partial charge in [-0.1, -0.05) is 24.3 Å². The summed E-state index contributed by atoms with van der Waals surface area (Å²) < 4.78 is 3.23. The Morgan fingerprint density at radius 2 is 2.05 bits per heavy atom. The summed E-state index contributed by atoms with van der Waals surface area (Å²) in [6, 6.07) is 10.8. The van der Waals surface area contributed by atoms with Crippen LogP contribution in [0.15, 0.2) is 42.0 Å². The van der Waals surface area contributed by atoms with E-state index in [1.54, 1.807) is 11.3 Å². The fourth-order valence-corrected chi connectivity index (χ4v) is 3.75. The van der Waals surface area contributed by atoms with E-state index in [0.717, 1.165) is 11.9 Å². The minimum absolute atomic E-state index is 0.919. The van der Waals surface area contributed by atoms with Gasteiger partial charge in [0.1, 0.15) is 0 Å². The molecule has 0 bridgehead atoms. The molecule has 0 amide bonds. The Bertz CT molecular complexity index is 940. The first-order valence-electron chi connectivity index (χ1n) is 6.95. The summed E-state index contributed by atoms with van der Waals surface area (Å²) in [5.41, 5.74) is 8.16. The minimum atomic E-state index is 0.919. The summed E-state index contributed by atoms with van der Waals surface area (Å²) in [4.78, 5) is 4.49. The summed E-state index contributed by atoms with van der Waals surface area (Å²) in [5.74, 6) is 0. The highest BCUT2D eigenvalue weighted by atomic mass is 32.1. The first-order chi connectivity index (χ1) is 10.2. The first kappa shape index (κ1) is 12.5. The topological polar surface area (TPSA) is 30.7 Å². The second kappa shape index (κ2) is 4.67. The zero-order valence-corrected chi connectivity index (χ0v) is 12.8. The van der Waals surface area contributed by atoms with Crippen LogP contribution >= 0.6 is 11.3 Å². The minimum Gasteiger partial charge on any atom is -0.268 e. The Balaban J connectivity index is 1.87. The molecule has 0 spiro atoms. The van der Waals surface area contributed by atoms with Crippen molar-refractivity contribution >= 4 is 32.5 Å². The van der Waals surface area contributed by atoms with E-state index in [4.69, 9.17) is 0 Å². The molecule has 2 aromatic heterocycles. The molecular formula is C17H15N3S. The molecule has 3 nitrogen and oxygen atoms in total. The molecule has 2 aromatic carbocycles. The monoisotopic (exact) mass is 293 g/mol. The normalized spacial score (nSPS) is 11.5. The molecule has 0 fully saturated rings. The van der Waals surface area contributed by atoms with Crippen LogP contribution in [-0.4, -0.2) is 14.8 Å². The van der Waals surface area contributed by atoms with Gasteiger partial charge in [-0.3, -0.25) is 4.68 Å². The molecule has 0 atom stereocenters. The Kier molecular flexibility index (Phi) is 2.79. The smallest absolute Gasteiger partial charge is 0.0844 e. The van der Waals surface area contributed by atoms with Gasteiger partial charge >= 0.3 is 0 Å². The molecule has 21 heavy (non-hydrogen) atoms. The largest absolute Gasteiger partial charge is 0.268 e. The van der Waals surface area contributed by atoms with Crippen molar-refractivity contribution in [3.05, 3.63) is 58.7 Å². The van der Waals surface area contributed by atoms with Gasteiger partial charge in [0.05, 0.1) is 27.4 Å². The van der Waals surface area contributed by atoms with Crippen LogP contribution in [0.4, 0.5) is 0 Å². The van der Waals surface area contributed by atoms with Gasteiger partial charge in [0.2, 0.25) is 0 Å². The lowest BCUT2D eigenvalue weighted by Gasteiger charge is -2.06. The Hall–Kier alpha value is -2.20. The van der Waals surface area contributed by atoms with Crippen LogP contribution < -0.4 is 0 Å². The summed E-state index contributed by atoms with van der Waals surface area (Å²) >= 11 is 1.73. The molecule has 0 N–H and O–H groups in total. The highest BCUT2D eigenvalue weighted by molar-refractivity contribution is 7.17. The van der Waals surface area contributed by atoms with E-state index in [2.05, 4.69) is 47.3 Å². The van der Waals surface area contributed by atoms with Crippen LogP contribution in [0.3, 0.4) is 0 Å².